The van der Waals surface area contributed by atoms with Crippen LogP contribution in [0.25, 0.3) is 11.3 Å². The van der Waals surface area contributed by atoms with Gasteiger partial charge in [-0.3, -0.25) is 5.32 Å². The Kier molecular flexibility index (Phi) is 4.64. The van der Waals surface area contributed by atoms with Gasteiger partial charge in [0.15, 0.2) is 0 Å². The van der Waals surface area contributed by atoms with E-state index < -0.39 is 17.7 Å². The van der Waals surface area contributed by atoms with Gasteiger partial charge in [0, 0.05) is 11.3 Å². The molecule has 0 saturated heterocycles. The van der Waals surface area contributed by atoms with E-state index >= 15 is 0 Å². The lowest BCUT2D eigenvalue weighted by atomic mass is 10.0. The summed E-state index contributed by atoms with van der Waals surface area (Å²) in [6.07, 6.45) is -0.591. The second-order valence-corrected chi connectivity index (χ2v) is 6.42. The number of benzene rings is 1. The van der Waals surface area contributed by atoms with E-state index in [2.05, 4.69) is 10.5 Å². The number of ether oxygens (including phenoxy) is 1. The van der Waals surface area contributed by atoms with Crippen LogP contribution in [0.4, 0.5) is 10.5 Å². The van der Waals surface area contributed by atoms with Crippen molar-refractivity contribution in [1.29, 1.82) is 0 Å². The first-order valence-electron chi connectivity index (χ1n) is 7.39. The molecule has 0 atom stereocenters. The summed E-state index contributed by atoms with van der Waals surface area (Å²) < 4.78 is 10.2. The number of aromatic carboxylic acids is 1. The second kappa shape index (κ2) is 6.35. The van der Waals surface area contributed by atoms with Crippen molar-refractivity contribution in [2.45, 2.75) is 40.2 Å². The molecule has 1 amide bonds. The van der Waals surface area contributed by atoms with Crippen molar-refractivity contribution in [3.05, 3.63) is 35.1 Å². The molecule has 0 fully saturated rings. The minimum Gasteiger partial charge on any atom is -0.477 e. The van der Waals surface area contributed by atoms with E-state index in [0.717, 1.165) is 5.56 Å². The molecule has 7 nitrogen and oxygen atoms in total. The average Bonchev–Trinajstić information content (AvgIpc) is 2.80. The van der Waals surface area contributed by atoms with Gasteiger partial charge in [-0.1, -0.05) is 11.2 Å². The van der Waals surface area contributed by atoms with Crippen LogP contribution in [0, 0.1) is 13.8 Å². The molecule has 0 radical (unpaired) electrons. The first kappa shape index (κ1) is 17.5. The van der Waals surface area contributed by atoms with E-state index in [1.54, 1.807) is 39.0 Å². The van der Waals surface area contributed by atoms with Gasteiger partial charge in [-0.05, 0) is 52.3 Å². The number of aromatic nitrogens is 1. The number of hydrogen-bond acceptors (Lipinski definition) is 5. The maximum absolute atomic E-state index is 11.9. The predicted molar refractivity (Wildman–Crippen MR) is 88.2 cm³/mol. The van der Waals surface area contributed by atoms with Crippen LogP contribution in [0.15, 0.2) is 22.7 Å². The van der Waals surface area contributed by atoms with Crippen molar-refractivity contribution >= 4 is 17.7 Å². The minimum absolute atomic E-state index is 0.00696. The number of amides is 1. The number of carboxylic acid groups (broad SMARTS) is 1. The molecular formula is C17H20N2O5. The first-order chi connectivity index (χ1) is 11.1. The number of hydrogen-bond donors (Lipinski definition) is 2. The maximum atomic E-state index is 11.9. The van der Waals surface area contributed by atoms with Gasteiger partial charge in [-0.2, -0.15) is 0 Å². The summed E-state index contributed by atoms with van der Waals surface area (Å²) in [6, 6.07) is 5.11. The third-order valence-electron chi connectivity index (χ3n) is 3.21. The van der Waals surface area contributed by atoms with Crippen LogP contribution in [0.3, 0.4) is 0 Å². The summed E-state index contributed by atoms with van der Waals surface area (Å²) in [4.78, 5) is 23.3. The van der Waals surface area contributed by atoms with Crippen LogP contribution in [0.2, 0.25) is 0 Å². The lowest BCUT2D eigenvalue weighted by Gasteiger charge is -2.20. The highest BCUT2D eigenvalue weighted by molar-refractivity contribution is 5.96. The molecule has 1 heterocycles. The summed E-state index contributed by atoms with van der Waals surface area (Å²) in [5.41, 5.74) is 1.47. The van der Waals surface area contributed by atoms with Crippen molar-refractivity contribution in [3.8, 4) is 11.3 Å². The Morgan fingerprint density at radius 2 is 1.92 bits per heavy atom. The highest BCUT2D eigenvalue weighted by Crippen LogP contribution is 2.30. The Hall–Kier alpha value is -2.83. The molecule has 1 aromatic carbocycles. The number of carboxylic acids is 1. The molecule has 0 spiro atoms. The third-order valence-corrected chi connectivity index (χ3v) is 3.21. The van der Waals surface area contributed by atoms with E-state index in [1.807, 2.05) is 6.92 Å². The number of anilines is 1. The molecule has 0 aliphatic carbocycles. The Balaban J connectivity index is 2.37. The van der Waals surface area contributed by atoms with E-state index in [9.17, 15) is 14.7 Å². The molecule has 24 heavy (non-hydrogen) atoms. The van der Waals surface area contributed by atoms with E-state index in [-0.39, 0.29) is 17.0 Å². The van der Waals surface area contributed by atoms with Gasteiger partial charge in [-0.15, -0.1) is 0 Å². The van der Waals surface area contributed by atoms with Crippen molar-refractivity contribution in [3.63, 3.8) is 0 Å². The number of carbonyl (C=O) groups excluding carboxylic acids is 1. The van der Waals surface area contributed by atoms with E-state index in [4.69, 9.17) is 9.26 Å². The van der Waals surface area contributed by atoms with Gasteiger partial charge in [-0.25, -0.2) is 9.59 Å². The minimum atomic E-state index is -1.12. The highest BCUT2D eigenvalue weighted by atomic mass is 16.6. The van der Waals surface area contributed by atoms with E-state index in [0.29, 0.717) is 11.3 Å². The van der Waals surface area contributed by atoms with Crippen molar-refractivity contribution in [2.24, 2.45) is 0 Å². The number of carbonyl (C=O) groups is 2. The van der Waals surface area contributed by atoms with Gasteiger partial charge >= 0.3 is 12.1 Å². The molecular weight excluding hydrogens is 312 g/mol. The monoisotopic (exact) mass is 332 g/mol. The number of nitrogens with zero attached hydrogens (tertiary/aromatic N) is 1. The fourth-order valence-corrected chi connectivity index (χ4v) is 2.18. The number of nitrogens with one attached hydrogen (secondary N) is 1. The van der Waals surface area contributed by atoms with Crippen LogP contribution in [-0.4, -0.2) is 27.9 Å². The molecule has 7 heteroatoms. The van der Waals surface area contributed by atoms with Gasteiger partial charge in [0.2, 0.25) is 0 Å². The standard InChI is InChI=1S/C17H20N2O5/c1-9-6-7-11(18-16(22)23-17(3,4)5)8-12(9)14-13(15(20)21)10(2)24-19-14/h6-8H,1-5H3,(H,18,22)(H,20,21). The third kappa shape index (κ3) is 3.92. The summed E-state index contributed by atoms with van der Waals surface area (Å²) in [5, 5.41) is 15.8. The average molecular weight is 332 g/mol. The van der Waals surface area contributed by atoms with Crippen LogP contribution in [0.1, 0.15) is 42.5 Å². The van der Waals surface area contributed by atoms with Crippen molar-refractivity contribution < 1.29 is 24.0 Å². The largest absolute Gasteiger partial charge is 0.477 e. The highest BCUT2D eigenvalue weighted by Gasteiger charge is 2.23. The fraction of sp³-hybridized carbons (Fsp3) is 0.353. The quantitative estimate of drug-likeness (QED) is 0.880. The topological polar surface area (TPSA) is 102 Å². The van der Waals surface area contributed by atoms with Crippen LogP contribution in [-0.2, 0) is 4.74 Å². The predicted octanol–water partition coefficient (Wildman–Crippen LogP) is 4.00. The lowest BCUT2D eigenvalue weighted by molar-refractivity contribution is 0.0634. The van der Waals surface area contributed by atoms with Gasteiger partial charge in [0.25, 0.3) is 0 Å². The molecule has 1 aromatic heterocycles. The molecule has 0 aliphatic rings. The molecule has 0 bridgehead atoms. The maximum Gasteiger partial charge on any atom is 0.412 e. The molecule has 2 rings (SSSR count). The molecule has 0 aliphatic heterocycles. The molecule has 128 valence electrons. The second-order valence-electron chi connectivity index (χ2n) is 6.42. The van der Waals surface area contributed by atoms with E-state index in [1.165, 1.54) is 6.92 Å². The van der Waals surface area contributed by atoms with Crippen LogP contribution < -0.4 is 5.32 Å². The first-order valence-corrected chi connectivity index (χ1v) is 7.39. The smallest absolute Gasteiger partial charge is 0.412 e. The van der Waals surface area contributed by atoms with Crippen LogP contribution in [0.5, 0.6) is 0 Å². The Labute approximate surface area is 139 Å². The fourth-order valence-electron chi connectivity index (χ4n) is 2.18. The summed E-state index contributed by atoms with van der Waals surface area (Å²) in [6.45, 7) is 8.67. The van der Waals surface area contributed by atoms with Gasteiger partial charge < -0.3 is 14.4 Å². The normalized spacial score (nSPS) is 11.2. The summed E-state index contributed by atoms with van der Waals surface area (Å²) in [7, 11) is 0. The number of rotatable bonds is 3. The molecule has 0 saturated carbocycles. The zero-order chi connectivity index (χ0) is 18.1. The SMILES string of the molecule is Cc1ccc(NC(=O)OC(C)(C)C)cc1-c1noc(C)c1C(=O)O. The Bertz CT molecular complexity index is 787. The van der Waals surface area contributed by atoms with Gasteiger partial charge in [0.05, 0.1) is 0 Å². The van der Waals surface area contributed by atoms with Gasteiger partial charge in [0.1, 0.15) is 22.6 Å². The summed E-state index contributed by atoms with van der Waals surface area (Å²) in [5.74, 6) is -0.893. The molecule has 0 unspecified atom stereocenters. The zero-order valence-electron chi connectivity index (χ0n) is 14.3. The van der Waals surface area contributed by atoms with Crippen molar-refractivity contribution in [2.75, 3.05) is 5.32 Å². The Morgan fingerprint density at radius 3 is 2.50 bits per heavy atom. The Morgan fingerprint density at radius 1 is 1.25 bits per heavy atom. The zero-order valence-corrected chi connectivity index (χ0v) is 14.3. The van der Waals surface area contributed by atoms with Crippen LogP contribution >= 0.6 is 0 Å². The lowest BCUT2D eigenvalue weighted by Crippen LogP contribution is -2.27. The van der Waals surface area contributed by atoms with Crippen molar-refractivity contribution in [1.82, 2.24) is 5.16 Å². The molecule has 2 N–H and O–H groups in total. The number of aryl methyl sites for hydroxylation is 2. The molecule has 2 aromatic rings. The summed E-state index contributed by atoms with van der Waals surface area (Å²) >= 11 is 0.